The van der Waals surface area contributed by atoms with Crippen LogP contribution in [-0.4, -0.2) is 21.1 Å². The molecule has 0 spiro atoms. The van der Waals surface area contributed by atoms with Gasteiger partial charge in [-0.2, -0.15) is 5.26 Å². The van der Waals surface area contributed by atoms with Gasteiger partial charge in [-0.05, 0) is 12.6 Å². The summed E-state index contributed by atoms with van der Waals surface area (Å²) in [4.78, 5) is 8.29. The van der Waals surface area contributed by atoms with Crippen LogP contribution in [0.5, 0.6) is 0 Å². The van der Waals surface area contributed by atoms with Crippen molar-refractivity contribution in [3.8, 4) is 11.9 Å². The van der Waals surface area contributed by atoms with E-state index >= 15 is 0 Å². The lowest BCUT2D eigenvalue weighted by Crippen LogP contribution is -2.15. The quantitative estimate of drug-likeness (QED) is 0.853. The van der Waals surface area contributed by atoms with Crippen molar-refractivity contribution in [3.63, 3.8) is 0 Å². The van der Waals surface area contributed by atoms with E-state index in [1.807, 2.05) is 25.1 Å². The molecule has 0 aromatic carbocycles. The van der Waals surface area contributed by atoms with Gasteiger partial charge >= 0.3 is 0 Å². The number of nitrogens with zero attached hydrogens (tertiary/aromatic N) is 4. The molecule has 5 heteroatoms. The Kier molecular flexibility index (Phi) is 3.48. The molecule has 0 radical (unpaired) electrons. The average molecular weight is 227 g/mol. The second-order valence-corrected chi connectivity index (χ2v) is 3.50. The fourth-order valence-electron chi connectivity index (χ4n) is 1.60. The third-order valence-corrected chi connectivity index (χ3v) is 2.40. The summed E-state index contributed by atoms with van der Waals surface area (Å²) in [6, 6.07) is 5.93. The van der Waals surface area contributed by atoms with Crippen LogP contribution in [0.15, 0.2) is 30.7 Å². The lowest BCUT2D eigenvalue weighted by molar-refractivity contribution is 0.717. The number of nitrogens with one attached hydrogen (secondary N) is 1. The normalized spacial score (nSPS) is 10.1. The van der Waals surface area contributed by atoms with Gasteiger partial charge in [0, 0.05) is 30.7 Å². The first-order valence-electron chi connectivity index (χ1n) is 5.45. The summed E-state index contributed by atoms with van der Waals surface area (Å²) < 4.78 is 1.70. The fourth-order valence-corrected chi connectivity index (χ4v) is 1.60. The average Bonchev–Trinajstić information content (AvgIpc) is 2.84. The van der Waals surface area contributed by atoms with Gasteiger partial charge in [-0.3, -0.25) is 4.57 Å². The molecule has 0 bridgehead atoms. The van der Waals surface area contributed by atoms with Crippen LogP contribution in [0.1, 0.15) is 18.3 Å². The van der Waals surface area contributed by atoms with Crippen LogP contribution in [0.3, 0.4) is 0 Å². The van der Waals surface area contributed by atoms with Gasteiger partial charge in [-0.25, -0.2) is 9.97 Å². The topological polar surface area (TPSA) is 66.5 Å². The molecule has 1 N–H and O–H groups in total. The zero-order valence-electron chi connectivity index (χ0n) is 9.59. The minimum Gasteiger partial charge on any atom is -0.313 e. The van der Waals surface area contributed by atoms with Gasteiger partial charge in [0.05, 0.1) is 0 Å². The zero-order valence-corrected chi connectivity index (χ0v) is 9.59. The Hall–Kier alpha value is -2.19. The SMILES string of the molecule is CCNCc1cccnc1-n1ccnc1C#N. The molecule has 2 aromatic heterocycles. The third-order valence-electron chi connectivity index (χ3n) is 2.40. The first-order valence-corrected chi connectivity index (χ1v) is 5.45. The molecule has 0 atom stereocenters. The number of hydrogen-bond acceptors (Lipinski definition) is 4. The summed E-state index contributed by atoms with van der Waals surface area (Å²) in [6.07, 6.45) is 5.06. The Morgan fingerprint density at radius 1 is 1.41 bits per heavy atom. The van der Waals surface area contributed by atoms with Crippen LogP contribution in [0.25, 0.3) is 5.82 Å². The summed E-state index contributed by atoms with van der Waals surface area (Å²) >= 11 is 0. The van der Waals surface area contributed by atoms with Gasteiger partial charge in [0.2, 0.25) is 5.82 Å². The maximum absolute atomic E-state index is 8.96. The van der Waals surface area contributed by atoms with E-state index in [4.69, 9.17) is 5.26 Å². The van der Waals surface area contributed by atoms with Crippen molar-refractivity contribution >= 4 is 0 Å². The van der Waals surface area contributed by atoms with Crippen molar-refractivity contribution < 1.29 is 0 Å². The molecular weight excluding hydrogens is 214 g/mol. The highest BCUT2D eigenvalue weighted by molar-refractivity contribution is 5.37. The molecule has 0 aliphatic carbocycles. The van der Waals surface area contributed by atoms with E-state index in [1.54, 1.807) is 23.2 Å². The summed E-state index contributed by atoms with van der Waals surface area (Å²) in [5.74, 6) is 1.10. The van der Waals surface area contributed by atoms with E-state index in [1.165, 1.54) is 0 Å². The summed E-state index contributed by atoms with van der Waals surface area (Å²) in [5, 5.41) is 12.2. The number of imidazole rings is 1. The molecule has 0 aliphatic rings. The number of aromatic nitrogens is 3. The number of nitriles is 1. The van der Waals surface area contributed by atoms with Crippen LogP contribution in [0.4, 0.5) is 0 Å². The molecule has 5 nitrogen and oxygen atoms in total. The molecule has 0 saturated carbocycles. The van der Waals surface area contributed by atoms with E-state index in [-0.39, 0.29) is 0 Å². The van der Waals surface area contributed by atoms with Crippen molar-refractivity contribution in [1.82, 2.24) is 19.9 Å². The second kappa shape index (κ2) is 5.23. The Bertz CT molecular complexity index is 538. The highest BCUT2D eigenvalue weighted by Crippen LogP contribution is 2.12. The van der Waals surface area contributed by atoms with Crippen LogP contribution in [-0.2, 0) is 6.54 Å². The highest BCUT2D eigenvalue weighted by Gasteiger charge is 2.09. The molecule has 0 aliphatic heterocycles. The molecule has 0 saturated heterocycles. The maximum atomic E-state index is 8.96. The van der Waals surface area contributed by atoms with E-state index < -0.39 is 0 Å². The van der Waals surface area contributed by atoms with E-state index in [0.29, 0.717) is 5.82 Å². The molecule has 0 unspecified atom stereocenters. The molecule has 2 heterocycles. The van der Waals surface area contributed by atoms with Gasteiger partial charge < -0.3 is 5.32 Å². The minimum atomic E-state index is 0.349. The van der Waals surface area contributed by atoms with Crippen LogP contribution < -0.4 is 5.32 Å². The Balaban J connectivity index is 2.41. The van der Waals surface area contributed by atoms with Crippen molar-refractivity contribution in [2.75, 3.05) is 6.54 Å². The molecular formula is C12H13N5. The number of rotatable bonds is 4. The molecule has 86 valence electrons. The predicted molar refractivity (Wildman–Crippen MR) is 63.5 cm³/mol. The van der Waals surface area contributed by atoms with Gasteiger partial charge in [-0.15, -0.1) is 0 Å². The van der Waals surface area contributed by atoms with Crippen molar-refractivity contribution in [1.29, 1.82) is 5.26 Å². The standard InChI is InChI=1S/C12H13N5/c1-2-14-9-10-4-3-5-16-12(10)17-7-6-15-11(17)8-13/h3-7,14H,2,9H2,1H3. The lowest BCUT2D eigenvalue weighted by Gasteiger charge is -2.09. The van der Waals surface area contributed by atoms with Crippen LogP contribution >= 0.6 is 0 Å². The van der Waals surface area contributed by atoms with Gasteiger partial charge in [0.25, 0.3) is 0 Å². The second-order valence-electron chi connectivity index (χ2n) is 3.50. The van der Waals surface area contributed by atoms with E-state index in [9.17, 15) is 0 Å². The fraction of sp³-hybridized carbons (Fsp3) is 0.250. The van der Waals surface area contributed by atoms with E-state index in [0.717, 1.165) is 24.5 Å². The third kappa shape index (κ3) is 2.32. The Labute approximate surface area is 99.7 Å². The van der Waals surface area contributed by atoms with Crippen molar-refractivity contribution in [2.24, 2.45) is 0 Å². The molecule has 17 heavy (non-hydrogen) atoms. The van der Waals surface area contributed by atoms with Gasteiger partial charge in [0.1, 0.15) is 11.9 Å². The summed E-state index contributed by atoms with van der Waals surface area (Å²) in [7, 11) is 0. The van der Waals surface area contributed by atoms with Crippen molar-refractivity contribution in [2.45, 2.75) is 13.5 Å². The summed E-state index contributed by atoms with van der Waals surface area (Å²) in [6.45, 7) is 3.67. The van der Waals surface area contributed by atoms with E-state index in [2.05, 4.69) is 15.3 Å². The van der Waals surface area contributed by atoms with Crippen molar-refractivity contribution in [3.05, 3.63) is 42.1 Å². The van der Waals surface area contributed by atoms with Gasteiger partial charge in [0.15, 0.2) is 0 Å². The molecule has 0 amide bonds. The Morgan fingerprint density at radius 3 is 3.06 bits per heavy atom. The number of hydrogen-bond donors (Lipinski definition) is 1. The minimum absolute atomic E-state index is 0.349. The lowest BCUT2D eigenvalue weighted by atomic mass is 10.2. The first-order chi connectivity index (χ1) is 8.36. The van der Waals surface area contributed by atoms with Crippen LogP contribution in [0.2, 0.25) is 0 Å². The first kappa shape index (κ1) is 11.3. The van der Waals surface area contributed by atoms with Crippen LogP contribution in [0, 0.1) is 11.3 Å². The number of pyridine rings is 1. The molecule has 2 aromatic rings. The highest BCUT2D eigenvalue weighted by atomic mass is 15.1. The zero-order chi connectivity index (χ0) is 12.1. The smallest absolute Gasteiger partial charge is 0.218 e. The monoisotopic (exact) mass is 227 g/mol. The largest absolute Gasteiger partial charge is 0.313 e. The summed E-state index contributed by atoms with van der Waals surface area (Å²) in [5.41, 5.74) is 1.05. The molecule has 2 rings (SSSR count). The predicted octanol–water partition coefficient (Wildman–Crippen LogP) is 1.25. The maximum Gasteiger partial charge on any atom is 0.218 e. The Morgan fingerprint density at radius 2 is 2.29 bits per heavy atom. The molecule has 0 fully saturated rings. The van der Waals surface area contributed by atoms with Gasteiger partial charge in [-0.1, -0.05) is 13.0 Å².